The lowest BCUT2D eigenvalue weighted by molar-refractivity contribution is -0.121. The van der Waals surface area contributed by atoms with Crippen LogP contribution in [0.2, 0.25) is 0 Å². The Bertz CT molecular complexity index is 1150. The molecule has 1 atom stereocenters. The molecule has 3 aromatic rings. The Morgan fingerprint density at radius 2 is 2.03 bits per heavy atom. The Kier molecular flexibility index (Phi) is 6.45. The zero-order valence-electron chi connectivity index (χ0n) is 18.2. The van der Waals surface area contributed by atoms with Crippen molar-refractivity contribution < 1.29 is 14.3 Å². The molecule has 0 fully saturated rings. The van der Waals surface area contributed by atoms with Crippen LogP contribution in [0.25, 0.3) is 0 Å². The largest absolute Gasteiger partial charge is 0.482 e. The Morgan fingerprint density at radius 1 is 1.22 bits per heavy atom. The van der Waals surface area contributed by atoms with E-state index in [1.54, 1.807) is 4.90 Å². The number of ether oxygens (including phenoxy) is 1. The van der Waals surface area contributed by atoms with Crippen LogP contribution in [-0.2, 0) is 16.1 Å². The molecule has 0 aliphatic carbocycles. The Morgan fingerprint density at radius 3 is 2.81 bits per heavy atom. The number of nitrogens with one attached hydrogen (secondary N) is 1. The summed E-state index contributed by atoms with van der Waals surface area (Å²) in [6.45, 7) is 6.51. The van der Waals surface area contributed by atoms with Gasteiger partial charge in [0.05, 0.1) is 17.5 Å². The van der Waals surface area contributed by atoms with Gasteiger partial charge >= 0.3 is 0 Å². The summed E-state index contributed by atoms with van der Waals surface area (Å²) in [7, 11) is 0. The number of nitrogens with zero attached hydrogens (tertiary/aromatic N) is 4. The van der Waals surface area contributed by atoms with Gasteiger partial charge in [-0.1, -0.05) is 36.0 Å². The van der Waals surface area contributed by atoms with Crippen molar-refractivity contribution in [3.8, 4) is 5.75 Å². The number of thioether (sulfide) groups is 1. The summed E-state index contributed by atoms with van der Waals surface area (Å²) < 4.78 is 7.50. The van der Waals surface area contributed by atoms with Crippen molar-refractivity contribution in [2.45, 2.75) is 38.5 Å². The average Bonchev–Trinajstić information content (AvgIpc) is 3.20. The van der Waals surface area contributed by atoms with Gasteiger partial charge < -0.3 is 14.6 Å². The second kappa shape index (κ2) is 9.44. The molecule has 1 N–H and O–H groups in total. The van der Waals surface area contributed by atoms with E-state index in [9.17, 15) is 9.59 Å². The molecule has 2 aromatic carbocycles. The summed E-state index contributed by atoms with van der Waals surface area (Å²) in [6, 6.07) is 14.8. The Balaban J connectivity index is 1.49. The van der Waals surface area contributed by atoms with E-state index in [2.05, 4.69) is 15.5 Å². The van der Waals surface area contributed by atoms with Crippen LogP contribution in [0.15, 0.2) is 53.7 Å². The number of para-hydroxylation sites is 2. The van der Waals surface area contributed by atoms with Crippen molar-refractivity contribution in [1.29, 1.82) is 0 Å². The molecule has 2 amide bonds. The second-order valence-electron chi connectivity index (χ2n) is 7.49. The molecule has 1 aliphatic rings. The summed E-state index contributed by atoms with van der Waals surface area (Å²) >= 11 is 1.32. The van der Waals surface area contributed by atoms with Crippen LogP contribution < -0.4 is 15.0 Å². The van der Waals surface area contributed by atoms with Gasteiger partial charge in [0.2, 0.25) is 5.91 Å². The van der Waals surface area contributed by atoms with Crippen LogP contribution in [-0.4, -0.2) is 38.9 Å². The first-order valence-corrected chi connectivity index (χ1v) is 11.4. The van der Waals surface area contributed by atoms with E-state index in [1.165, 1.54) is 11.8 Å². The van der Waals surface area contributed by atoms with Crippen molar-refractivity contribution in [3.05, 3.63) is 59.9 Å². The zero-order valence-corrected chi connectivity index (χ0v) is 19.1. The highest BCUT2D eigenvalue weighted by Gasteiger charge is 2.33. The SMILES string of the molecule is CCn1c(SCC(=O)Nc2cccc(C)c2)nnc1C(C)N1C(=O)COc2ccccc21. The molecule has 1 aliphatic heterocycles. The monoisotopic (exact) mass is 451 g/mol. The van der Waals surface area contributed by atoms with E-state index in [0.29, 0.717) is 29.0 Å². The number of carbonyl (C=O) groups excluding carboxylic acids is 2. The van der Waals surface area contributed by atoms with Crippen LogP contribution in [0.4, 0.5) is 11.4 Å². The molecule has 1 unspecified atom stereocenters. The average molecular weight is 452 g/mol. The summed E-state index contributed by atoms with van der Waals surface area (Å²) in [6.07, 6.45) is 0. The molecule has 32 heavy (non-hydrogen) atoms. The van der Waals surface area contributed by atoms with Gasteiger partial charge in [-0.2, -0.15) is 0 Å². The molecule has 2 heterocycles. The maximum absolute atomic E-state index is 12.7. The van der Waals surface area contributed by atoms with Gasteiger partial charge in [-0.05, 0) is 50.6 Å². The van der Waals surface area contributed by atoms with Crippen molar-refractivity contribution >= 4 is 35.0 Å². The van der Waals surface area contributed by atoms with Crippen LogP contribution in [0.5, 0.6) is 5.75 Å². The van der Waals surface area contributed by atoms with E-state index < -0.39 is 0 Å². The normalized spacial score (nSPS) is 14.0. The standard InChI is InChI=1S/C23H25N5O3S/c1-4-27-22(16(3)28-18-10-5-6-11-19(18)31-13-21(28)30)25-26-23(27)32-14-20(29)24-17-9-7-8-15(2)12-17/h5-12,16H,4,13-14H2,1-3H3,(H,24,29). The second-order valence-corrected chi connectivity index (χ2v) is 8.43. The molecule has 0 spiro atoms. The molecule has 166 valence electrons. The maximum atomic E-state index is 12.7. The molecule has 0 saturated heterocycles. The summed E-state index contributed by atoms with van der Waals surface area (Å²) in [5.74, 6) is 1.30. The first-order valence-electron chi connectivity index (χ1n) is 10.4. The molecule has 0 saturated carbocycles. The molecule has 0 bridgehead atoms. The summed E-state index contributed by atoms with van der Waals surface area (Å²) in [4.78, 5) is 26.8. The van der Waals surface area contributed by atoms with E-state index in [1.807, 2.05) is 73.9 Å². The van der Waals surface area contributed by atoms with Gasteiger partial charge in [-0.3, -0.25) is 14.5 Å². The number of benzene rings is 2. The van der Waals surface area contributed by atoms with Crippen LogP contribution >= 0.6 is 11.8 Å². The number of rotatable bonds is 7. The maximum Gasteiger partial charge on any atom is 0.265 e. The quantitative estimate of drug-likeness (QED) is 0.549. The fourth-order valence-electron chi connectivity index (χ4n) is 3.72. The van der Waals surface area contributed by atoms with Crippen molar-refractivity contribution in [1.82, 2.24) is 14.8 Å². The van der Waals surface area contributed by atoms with Gasteiger partial charge in [0.15, 0.2) is 17.6 Å². The lowest BCUT2D eigenvalue weighted by Crippen LogP contribution is -2.41. The minimum absolute atomic E-state index is 0.0116. The van der Waals surface area contributed by atoms with Crippen LogP contribution in [0.3, 0.4) is 0 Å². The third-order valence-corrected chi connectivity index (χ3v) is 6.17. The van der Waals surface area contributed by atoms with Crippen LogP contribution in [0.1, 0.15) is 31.3 Å². The van der Waals surface area contributed by atoms with E-state index in [4.69, 9.17) is 4.74 Å². The van der Waals surface area contributed by atoms with Gasteiger partial charge in [0.1, 0.15) is 5.75 Å². The minimum atomic E-state index is -0.338. The van der Waals surface area contributed by atoms with Crippen molar-refractivity contribution in [2.75, 3.05) is 22.6 Å². The number of aromatic nitrogens is 3. The lowest BCUT2D eigenvalue weighted by Gasteiger charge is -2.33. The number of anilines is 2. The Labute approximate surface area is 191 Å². The van der Waals surface area contributed by atoms with Gasteiger partial charge in [0, 0.05) is 12.2 Å². The molecule has 4 rings (SSSR count). The third-order valence-electron chi connectivity index (χ3n) is 5.20. The van der Waals surface area contributed by atoms with Gasteiger partial charge in [-0.15, -0.1) is 10.2 Å². The zero-order chi connectivity index (χ0) is 22.7. The number of hydrogen-bond acceptors (Lipinski definition) is 6. The first-order chi connectivity index (χ1) is 15.5. The highest BCUT2D eigenvalue weighted by Crippen LogP contribution is 2.37. The fourth-order valence-corrected chi connectivity index (χ4v) is 4.53. The predicted molar refractivity (Wildman–Crippen MR) is 124 cm³/mol. The molecule has 1 aromatic heterocycles. The first kappa shape index (κ1) is 21.9. The van der Waals surface area contributed by atoms with Crippen molar-refractivity contribution in [3.63, 3.8) is 0 Å². The van der Waals surface area contributed by atoms with Gasteiger partial charge in [-0.25, -0.2) is 0 Å². The number of amides is 2. The molecular formula is C23H25N5O3S. The highest BCUT2D eigenvalue weighted by molar-refractivity contribution is 7.99. The number of fused-ring (bicyclic) bond motifs is 1. The number of aryl methyl sites for hydroxylation is 1. The topological polar surface area (TPSA) is 89.4 Å². The summed E-state index contributed by atoms with van der Waals surface area (Å²) in [5.41, 5.74) is 2.57. The Hall–Kier alpha value is -3.33. The summed E-state index contributed by atoms with van der Waals surface area (Å²) in [5, 5.41) is 12.2. The predicted octanol–water partition coefficient (Wildman–Crippen LogP) is 3.82. The lowest BCUT2D eigenvalue weighted by atomic mass is 10.1. The van der Waals surface area contributed by atoms with E-state index >= 15 is 0 Å². The van der Waals surface area contributed by atoms with Crippen LogP contribution in [0, 0.1) is 6.92 Å². The van der Waals surface area contributed by atoms with E-state index in [0.717, 1.165) is 11.3 Å². The van der Waals surface area contributed by atoms with E-state index in [-0.39, 0.29) is 30.2 Å². The molecule has 0 radical (unpaired) electrons. The number of carbonyl (C=O) groups is 2. The highest BCUT2D eigenvalue weighted by atomic mass is 32.2. The fraction of sp³-hybridized carbons (Fsp3) is 0.304. The van der Waals surface area contributed by atoms with Crippen molar-refractivity contribution in [2.24, 2.45) is 0 Å². The number of hydrogen-bond donors (Lipinski definition) is 1. The minimum Gasteiger partial charge on any atom is -0.482 e. The van der Waals surface area contributed by atoms with Gasteiger partial charge in [0.25, 0.3) is 5.91 Å². The molecular weight excluding hydrogens is 426 g/mol. The smallest absolute Gasteiger partial charge is 0.265 e. The molecule has 8 nitrogen and oxygen atoms in total. The third kappa shape index (κ3) is 4.47. The molecule has 9 heteroatoms.